The number of benzene rings is 1. The van der Waals surface area contributed by atoms with Gasteiger partial charge in [-0.3, -0.25) is 14.5 Å². The fourth-order valence-electron chi connectivity index (χ4n) is 3.78. The van der Waals surface area contributed by atoms with E-state index < -0.39 is 11.7 Å². The van der Waals surface area contributed by atoms with Gasteiger partial charge in [-0.1, -0.05) is 6.07 Å². The maximum absolute atomic E-state index is 14.8. The highest BCUT2D eigenvalue weighted by molar-refractivity contribution is 6.05. The molecule has 2 aliphatic rings. The van der Waals surface area contributed by atoms with Gasteiger partial charge in [-0.25, -0.2) is 14.9 Å². The quantitative estimate of drug-likeness (QED) is 0.535. The first-order valence-corrected chi connectivity index (χ1v) is 10.9. The Morgan fingerprint density at radius 3 is 2.85 bits per heavy atom. The van der Waals surface area contributed by atoms with Gasteiger partial charge < -0.3 is 5.32 Å². The molecule has 2 aromatic heterocycles. The van der Waals surface area contributed by atoms with Crippen molar-refractivity contribution in [3.05, 3.63) is 65.4 Å². The molecule has 1 aromatic carbocycles. The van der Waals surface area contributed by atoms with Gasteiger partial charge in [0.1, 0.15) is 17.3 Å². The third kappa shape index (κ3) is 4.17. The van der Waals surface area contributed by atoms with Crippen molar-refractivity contribution in [1.82, 2.24) is 30.8 Å². The van der Waals surface area contributed by atoms with Crippen molar-refractivity contribution in [1.29, 1.82) is 0 Å². The third-order valence-corrected chi connectivity index (χ3v) is 5.69. The van der Waals surface area contributed by atoms with E-state index in [1.165, 1.54) is 6.07 Å². The number of amidine groups is 1. The van der Waals surface area contributed by atoms with Gasteiger partial charge in [-0.15, -0.1) is 10.6 Å². The van der Waals surface area contributed by atoms with Crippen molar-refractivity contribution in [2.45, 2.75) is 45.7 Å². The van der Waals surface area contributed by atoms with Crippen LogP contribution in [0.15, 0.2) is 47.8 Å². The summed E-state index contributed by atoms with van der Waals surface area (Å²) < 4.78 is 16.7. The second kappa shape index (κ2) is 8.28. The number of hydrazine groups is 2. The number of carbonyl (C=O) groups is 1. The zero-order chi connectivity index (χ0) is 23.1. The lowest BCUT2D eigenvalue weighted by atomic mass is 9.99. The second-order valence-corrected chi connectivity index (χ2v) is 8.57. The summed E-state index contributed by atoms with van der Waals surface area (Å²) in [5.41, 5.74) is 8.55. The molecule has 9 nitrogen and oxygen atoms in total. The molecule has 3 N–H and O–H groups in total. The molecule has 0 radical (unpaired) electrons. The van der Waals surface area contributed by atoms with E-state index in [2.05, 4.69) is 31.6 Å². The SMILES string of the molecule is Cc1cc(F)c(C(=O)Nc2cccc(C3=NNNN3C(C)C)n2)cc1-c1cnn(C2CC2)c1. The molecule has 170 valence electrons. The average Bonchev–Trinajstić information content (AvgIpc) is 3.31. The minimum Gasteiger partial charge on any atom is -0.306 e. The summed E-state index contributed by atoms with van der Waals surface area (Å²) >= 11 is 0. The highest BCUT2D eigenvalue weighted by Crippen LogP contribution is 2.36. The van der Waals surface area contributed by atoms with Gasteiger partial charge in [0.2, 0.25) is 0 Å². The molecule has 0 spiro atoms. The fourth-order valence-corrected chi connectivity index (χ4v) is 3.78. The highest BCUT2D eigenvalue weighted by atomic mass is 19.1. The molecular formula is C23H25FN8O. The van der Waals surface area contributed by atoms with Crippen LogP contribution in [0, 0.1) is 12.7 Å². The summed E-state index contributed by atoms with van der Waals surface area (Å²) in [6, 6.07) is 8.75. The Hall–Kier alpha value is -3.79. The molecule has 1 aliphatic heterocycles. The summed E-state index contributed by atoms with van der Waals surface area (Å²) in [6.07, 6.45) is 5.96. The highest BCUT2D eigenvalue weighted by Gasteiger charge is 2.25. The first kappa shape index (κ1) is 21.1. The normalized spacial score (nSPS) is 15.5. The van der Waals surface area contributed by atoms with E-state index in [-0.39, 0.29) is 11.6 Å². The molecule has 0 atom stereocenters. The Labute approximate surface area is 190 Å². The largest absolute Gasteiger partial charge is 0.306 e. The number of hydrazone groups is 1. The minimum absolute atomic E-state index is 0.0488. The number of nitrogens with one attached hydrogen (secondary N) is 3. The lowest BCUT2D eigenvalue weighted by molar-refractivity contribution is 0.102. The number of pyridine rings is 1. The van der Waals surface area contributed by atoms with Crippen molar-refractivity contribution in [2.75, 3.05) is 5.32 Å². The summed E-state index contributed by atoms with van der Waals surface area (Å²) in [5.74, 6) is -0.256. The van der Waals surface area contributed by atoms with Crippen LogP contribution >= 0.6 is 0 Å². The molecule has 0 bridgehead atoms. The van der Waals surface area contributed by atoms with E-state index in [1.54, 1.807) is 30.5 Å². The van der Waals surface area contributed by atoms with Gasteiger partial charge in [0.25, 0.3) is 5.91 Å². The molecule has 1 saturated carbocycles. The third-order valence-electron chi connectivity index (χ3n) is 5.69. The summed E-state index contributed by atoms with van der Waals surface area (Å²) in [6.45, 7) is 5.84. The molecule has 33 heavy (non-hydrogen) atoms. The lowest BCUT2D eigenvalue weighted by Gasteiger charge is -2.22. The zero-order valence-corrected chi connectivity index (χ0v) is 18.6. The van der Waals surface area contributed by atoms with E-state index in [4.69, 9.17) is 0 Å². The molecular weight excluding hydrogens is 423 g/mol. The molecule has 3 heterocycles. The number of amides is 1. The fraction of sp³-hybridized carbons (Fsp3) is 0.304. The van der Waals surface area contributed by atoms with Crippen LogP contribution in [0.25, 0.3) is 11.1 Å². The second-order valence-electron chi connectivity index (χ2n) is 8.57. The smallest absolute Gasteiger partial charge is 0.259 e. The summed E-state index contributed by atoms with van der Waals surface area (Å²) in [5, 5.41) is 13.2. The van der Waals surface area contributed by atoms with Gasteiger partial charge in [0.05, 0.1) is 17.8 Å². The van der Waals surface area contributed by atoms with Crippen molar-refractivity contribution < 1.29 is 9.18 Å². The average molecular weight is 449 g/mol. The lowest BCUT2D eigenvalue weighted by Crippen LogP contribution is -2.45. The Morgan fingerprint density at radius 2 is 2.09 bits per heavy atom. The molecule has 0 unspecified atom stereocenters. The number of aromatic nitrogens is 3. The van der Waals surface area contributed by atoms with Gasteiger partial charge in [0, 0.05) is 17.8 Å². The van der Waals surface area contributed by atoms with E-state index in [0.29, 0.717) is 23.4 Å². The van der Waals surface area contributed by atoms with Crippen LogP contribution < -0.4 is 16.4 Å². The molecule has 10 heteroatoms. The maximum atomic E-state index is 14.8. The molecule has 1 fully saturated rings. The molecule has 3 aromatic rings. The van der Waals surface area contributed by atoms with Gasteiger partial charge in [-0.2, -0.15) is 5.10 Å². The van der Waals surface area contributed by atoms with Crippen molar-refractivity contribution in [2.24, 2.45) is 5.10 Å². The maximum Gasteiger partial charge on any atom is 0.259 e. The number of carbonyl (C=O) groups excluding carboxylic acids is 1. The minimum atomic E-state index is -0.584. The Morgan fingerprint density at radius 1 is 1.27 bits per heavy atom. The van der Waals surface area contributed by atoms with Gasteiger partial charge in [-0.05, 0) is 69.0 Å². The number of hydrogen-bond donors (Lipinski definition) is 3. The zero-order valence-electron chi connectivity index (χ0n) is 18.6. The first-order chi connectivity index (χ1) is 15.9. The van der Waals surface area contributed by atoms with Crippen LogP contribution in [0.1, 0.15) is 54.3 Å². The van der Waals surface area contributed by atoms with Crippen LogP contribution in [-0.2, 0) is 0 Å². The van der Waals surface area contributed by atoms with Crippen LogP contribution in [-0.4, -0.2) is 37.6 Å². The number of rotatable bonds is 6. The topological polar surface area (TPSA) is 99.5 Å². The number of nitrogens with zero attached hydrogens (tertiary/aromatic N) is 5. The van der Waals surface area contributed by atoms with Crippen LogP contribution in [0.4, 0.5) is 10.2 Å². The molecule has 1 aliphatic carbocycles. The van der Waals surface area contributed by atoms with Crippen LogP contribution in [0.2, 0.25) is 0 Å². The predicted molar refractivity (Wildman–Crippen MR) is 123 cm³/mol. The Bertz CT molecular complexity index is 1250. The molecule has 1 amide bonds. The Balaban J connectivity index is 1.40. The van der Waals surface area contributed by atoms with Crippen molar-refractivity contribution >= 4 is 17.6 Å². The Kier molecular flexibility index (Phi) is 5.29. The number of halogens is 1. The van der Waals surface area contributed by atoms with Crippen LogP contribution in [0.3, 0.4) is 0 Å². The van der Waals surface area contributed by atoms with Gasteiger partial charge in [0.15, 0.2) is 5.84 Å². The number of hydrogen-bond acceptors (Lipinski definition) is 7. The predicted octanol–water partition coefficient (Wildman–Crippen LogP) is 3.37. The number of aryl methyl sites for hydroxylation is 1. The standard InChI is InChI=1S/C23H25FN8O/c1-13(2)32-22(28-29-30-32)20-5-4-6-21(26-20)27-23(33)18-10-17(14(3)9-19(18)24)15-11-25-31(12-15)16-7-8-16/h4-6,9-13,16,29-30H,7-8H2,1-3H3,(H,26,27,33). The van der Waals surface area contributed by atoms with E-state index >= 15 is 0 Å². The van der Waals surface area contributed by atoms with Gasteiger partial charge >= 0.3 is 0 Å². The molecule has 5 rings (SSSR count). The van der Waals surface area contributed by atoms with Crippen LogP contribution in [0.5, 0.6) is 0 Å². The van der Waals surface area contributed by atoms with E-state index in [9.17, 15) is 9.18 Å². The monoisotopic (exact) mass is 448 g/mol. The molecule has 0 saturated heterocycles. The van der Waals surface area contributed by atoms with E-state index in [1.807, 2.05) is 36.7 Å². The first-order valence-electron chi connectivity index (χ1n) is 10.9. The number of anilines is 1. The summed E-state index contributed by atoms with van der Waals surface area (Å²) in [7, 11) is 0. The van der Waals surface area contributed by atoms with Crippen molar-refractivity contribution in [3.63, 3.8) is 0 Å². The van der Waals surface area contributed by atoms with E-state index in [0.717, 1.165) is 29.5 Å². The van der Waals surface area contributed by atoms with Crippen molar-refractivity contribution in [3.8, 4) is 11.1 Å². The summed E-state index contributed by atoms with van der Waals surface area (Å²) in [4.78, 5) is 17.5.